The molecule has 2 saturated heterocycles. The Morgan fingerprint density at radius 3 is 2.56 bits per heavy atom. The predicted octanol–water partition coefficient (Wildman–Crippen LogP) is 3.62. The van der Waals surface area contributed by atoms with E-state index in [4.69, 9.17) is 9.72 Å². The predicted molar refractivity (Wildman–Crippen MR) is 142 cm³/mol. The van der Waals surface area contributed by atoms with Crippen LogP contribution in [0, 0.1) is 0 Å². The lowest BCUT2D eigenvalue weighted by Crippen LogP contribution is -2.48. The van der Waals surface area contributed by atoms with Crippen LogP contribution in [0.2, 0.25) is 0 Å². The quantitative estimate of drug-likeness (QED) is 0.466. The fourth-order valence-electron chi connectivity index (χ4n) is 4.82. The first-order valence-corrected chi connectivity index (χ1v) is 14.7. The smallest absolute Gasteiger partial charge is 0.253 e. The summed E-state index contributed by atoms with van der Waals surface area (Å²) in [6, 6.07) is 12.6. The number of amides is 1. The molecule has 0 saturated carbocycles. The fourth-order valence-corrected chi connectivity index (χ4v) is 7.09. The number of carbonyl (C=O) groups is 1. The van der Waals surface area contributed by atoms with Crippen molar-refractivity contribution in [1.29, 1.82) is 0 Å². The highest BCUT2D eigenvalue weighted by atomic mass is 32.2. The van der Waals surface area contributed by atoms with Crippen molar-refractivity contribution >= 4 is 42.6 Å². The molecule has 8 nitrogen and oxygen atoms in total. The molecule has 0 bridgehead atoms. The van der Waals surface area contributed by atoms with E-state index >= 15 is 0 Å². The first-order valence-electron chi connectivity index (χ1n) is 12.5. The molecule has 36 heavy (non-hydrogen) atoms. The van der Waals surface area contributed by atoms with Gasteiger partial charge in [-0.2, -0.15) is 4.31 Å². The first-order chi connectivity index (χ1) is 17.4. The van der Waals surface area contributed by atoms with Crippen LogP contribution in [-0.4, -0.2) is 81.0 Å². The molecular weight excluding hydrogens is 496 g/mol. The van der Waals surface area contributed by atoms with Gasteiger partial charge in [-0.3, -0.25) is 4.79 Å². The van der Waals surface area contributed by atoms with Crippen LogP contribution in [0.3, 0.4) is 0 Å². The molecule has 2 aliphatic rings. The Morgan fingerprint density at radius 1 is 1.14 bits per heavy atom. The maximum absolute atomic E-state index is 13.1. The molecule has 0 N–H and O–H groups in total. The summed E-state index contributed by atoms with van der Waals surface area (Å²) in [6.07, 6.45) is 2.73. The minimum Gasteiger partial charge on any atom is -0.377 e. The van der Waals surface area contributed by atoms with Crippen LogP contribution in [0.5, 0.6) is 0 Å². The van der Waals surface area contributed by atoms with Crippen LogP contribution in [0.15, 0.2) is 47.4 Å². The minimum absolute atomic E-state index is 0.0549. The fraction of sp³-hybridized carbons (Fsp3) is 0.462. The molecule has 3 aromatic rings. The number of benzene rings is 2. The Bertz CT molecular complexity index is 1330. The summed E-state index contributed by atoms with van der Waals surface area (Å²) in [5, 5.41) is 1.000. The van der Waals surface area contributed by atoms with Crippen LogP contribution in [0.4, 0.5) is 5.13 Å². The number of hydrogen-bond donors (Lipinski definition) is 0. The number of likely N-dealkylation sites (N-methyl/N-ethyl adjacent to an activating group) is 1. The van der Waals surface area contributed by atoms with Crippen molar-refractivity contribution in [2.45, 2.75) is 37.2 Å². The Hall–Kier alpha value is -2.53. The molecule has 10 heteroatoms. The molecule has 2 fully saturated rings. The van der Waals surface area contributed by atoms with E-state index in [9.17, 15) is 13.2 Å². The summed E-state index contributed by atoms with van der Waals surface area (Å²) in [5.74, 6) is -0.0797. The molecule has 1 amide bonds. The van der Waals surface area contributed by atoms with Crippen LogP contribution < -0.4 is 4.90 Å². The highest BCUT2D eigenvalue weighted by Crippen LogP contribution is 2.31. The van der Waals surface area contributed by atoms with Gasteiger partial charge in [-0.1, -0.05) is 30.4 Å². The molecule has 192 valence electrons. The van der Waals surface area contributed by atoms with Gasteiger partial charge < -0.3 is 14.5 Å². The summed E-state index contributed by atoms with van der Waals surface area (Å²) in [7, 11) is -2.06. The molecule has 1 unspecified atom stereocenters. The second kappa shape index (κ2) is 10.5. The van der Waals surface area contributed by atoms with E-state index in [-0.39, 0.29) is 16.9 Å². The molecule has 1 atom stereocenters. The van der Waals surface area contributed by atoms with E-state index in [1.54, 1.807) is 30.5 Å². The van der Waals surface area contributed by atoms with Crippen LogP contribution in [0.25, 0.3) is 10.2 Å². The average molecular weight is 529 g/mol. The number of aromatic nitrogens is 1. The number of ether oxygens (including phenoxy) is 1. The monoisotopic (exact) mass is 528 g/mol. The third-order valence-electron chi connectivity index (χ3n) is 7.00. The lowest BCUT2D eigenvalue weighted by Gasteiger charge is -2.34. The molecule has 2 aliphatic heterocycles. The highest BCUT2D eigenvalue weighted by molar-refractivity contribution is 7.89. The molecule has 5 rings (SSSR count). The van der Waals surface area contributed by atoms with Crippen molar-refractivity contribution in [2.75, 3.05) is 51.3 Å². The number of nitrogens with zero attached hydrogens (tertiary/aromatic N) is 4. The maximum atomic E-state index is 13.1. The van der Waals surface area contributed by atoms with Crippen LogP contribution >= 0.6 is 11.3 Å². The summed E-state index contributed by atoms with van der Waals surface area (Å²) < 4.78 is 34.0. The summed E-state index contributed by atoms with van der Waals surface area (Å²) in [5.41, 5.74) is 2.83. The number of fused-ring (bicyclic) bond motifs is 1. The Morgan fingerprint density at radius 2 is 1.89 bits per heavy atom. The SMILES string of the molecule is CCc1cccc2sc(N3CCN(C(=O)c4ccc(S(=O)(=O)N(C)CC5CCCO5)cc4)CC3)nc12. The second-order valence-electron chi connectivity index (χ2n) is 9.34. The molecule has 3 heterocycles. The average Bonchev–Trinajstić information content (AvgIpc) is 3.58. The van der Waals surface area contributed by atoms with Crippen molar-refractivity contribution in [3.05, 3.63) is 53.6 Å². The summed E-state index contributed by atoms with van der Waals surface area (Å²) in [4.78, 5) is 22.3. The third-order valence-corrected chi connectivity index (χ3v) is 9.92. The normalized spacial score (nSPS) is 18.9. The van der Waals surface area contributed by atoms with Gasteiger partial charge in [0.05, 0.1) is 21.2 Å². The van der Waals surface area contributed by atoms with Crippen molar-refractivity contribution in [1.82, 2.24) is 14.2 Å². The topological polar surface area (TPSA) is 83.1 Å². The minimum atomic E-state index is -3.63. The number of piperazine rings is 1. The molecular formula is C26H32N4O4S2. The van der Waals surface area contributed by atoms with E-state index in [2.05, 4.69) is 30.0 Å². The molecule has 0 radical (unpaired) electrons. The lowest BCUT2D eigenvalue weighted by molar-refractivity contribution is 0.0746. The highest BCUT2D eigenvalue weighted by Gasteiger charge is 2.28. The zero-order valence-electron chi connectivity index (χ0n) is 20.7. The van der Waals surface area contributed by atoms with Gasteiger partial charge in [-0.25, -0.2) is 13.4 Å². The number of aryl methyl sites for hydroxylation is 1. The van der Waals surface area contributed by atoms with E-state index in [0.717, 1.165) is 29.9 Å². The maximum Gasteiger partial charge on any atom is 0.253 e. The number of rotatable bonds is 7. The van der Waals surface area contributed by atoms with Crippen LogP contribution in [0.1, 0.15) is 35.7 Å². The Kier molecular flexibility index (Phi) is 7.30. The van der Waals surface area contributed by atoms with Crippen molar-refractivity contribution in [3.8, 4) is 0 Å². The number of hydrogen-bond acceptors (Lipinski definition) is 7. The van der Waals surface area contributed by atoms with E-state index in [1.807, 2.05) is 4.90 Å². The van der Waals surface area contributed by atoms with Crippen molar-refractivity contribution < 1.29 is 17.9 Å². The zero-order valence-corrected chi connectivity index (χ0v) is 22.4. The standard InChI is InChI=1S/C26H32N4O4S2/c1-3-19-6-4-8-23-24(19)27-26(35-23)30-15-13-29(14-16-30)25(31)20-9-11-22(12-10-20)36(32,33)28(2)18-21-7-5-17-34-21/h4,6,8-12,21H,3,5,7,13-18H2,1-2H3. The van der Waals surface area contributed by atoms with Gasteiger partial charge in [0.2, 0.25) is 10.0 Å². The van der Waals surface area contributed by atoms with Gasteiger partial charge >= 0.3 is 0 Å². The lowest BCUT2D eigenvalue weighted by atomic mass is 10.1. The van der Waals surface area contributed by atoms with Gasteiger partial charge in [0.1, 0.15) is 0 Å². The Labute approximate surface area is 216 Å². The van der Waals surface area contributed by atoms with Gasteiger partial charge in [-0.15, -0.1) is 0 Å². The molecule has 0 aliphatic carbocycles. The first kappa shape index (κ1) is 25.1. The van der Waals surface area contributed by atoms with E-state index in [0.29, 0.717) is 44.9 Å². The zero-order chi connectivity index (χ0) is 25.3. The number of para-hydroxylation sites is 1. The number of carbonyl (C=O) groups excluding carboxylic acids is 1. The van der Waals surface area contributed by atoms with Gasteiger partial charge in [-0.05, 0) is 55.2 Å². The largest absolute Gasteiger partial charge is 0.377 e. The van der Waals surface area contributed by atoms with E-state index < -0.39 is 10.0 Å². The number of sulfonamides is 1. The van der Waals surface area contributed by atoms with Crippen molar-refractivity contribution in [3.63, 3.8) is 0 Å². The van der Waals surface area contributed by atoms with Gasteiger partial charge in [0.25, 0.3) is 5.91 Å². The summed E-state index contributed by atoms with van der Waals surface area (Å²) >= 11 is 1.70. The van der Waals surface area contributed by atoms with Gasteiger partial charge in [0, 0.05) is 51.9 Å². The molecule has 2 aromatic carbocycles. The van der Waals surface area contributed by atoms with Gasteiger partial charge in [0.15, 0.2) is 5.13 Å². The molecule has 1 aromatic heterocycles. The Balaban J connectivity index is 1.21. The van der Waals surface area contributed by atoms with E-state index in [1.165, 1.54) is 26.7 Å². The van der Waals surface area contributed by atoms with Crippen molar-refractivity contribution in [2.24, 2.45) is 0 Å². The number of anilines is 1. The van der Waals surface area contributed by atoms with Crippen LogP contribution in [-0.2, 0) is 21.2 Å². The molecule has 0 spiro atoms. The number of thiazole rings is 1. The summed E-state index contributed by atoms with van der Waals surface area (Å²) in [6.45, 7) is 5.79. The second-order valence-corrected chi connectivity index (χ2v) is 12.4. The third kappa shape index (κ3) is 5.00.